The highest BCUT2D eigenvalue weighted by Crippen LogP contribution is 2.40. The lowest BCUT2D eigenvalue weighted by molar-refractivity contribution is -0.114. The van der Waals surface area contributed by atoms with Crippen LogP contribution in [0.4, 0.5) is 16.6 Å². The molecule has 0 spiro atoms. The predicted octanol–water partition coefficient (Wildman–Crippen LogP) is 3.55. The first-order valence-electron chi connectivity index (χ1n) is 9.97. The summed E-state index contributed by atoms with van der Waals surface area (Å²) in [5, 5.41) is 6.25. The van der Waals surface area contributed by atoms with Gasteiger partial charge in [0.15, 0.2) is 15.6 Å². The van der Waals surface area contributed by atoms with Crippen molar-refractivity contribution in [3.05, 3.63) is 52.7 Å². The molecule has 2 N–H and O–H groups in total. The van der Waals surface area contributed by atoms with Crippen LogP contribution in [0.1, 0.15) is 31.2 Å². The minimum atomic E-state index is -0.224. The molecule has 162 valence electrons. The maximum Gasteiger partial charge on any atom is 0.274 e. The van der Waals surface area contributed by atoms with Crippen molar-refractivity contribution in [2.45, 2.75) is 25.7 Å². The van der Waals surface area contributed by atoms with Crippen molar-refractivity contribution in [3.8, 4) is 11.6 Å². The van der Waals surface area contributed by atoms with Crippen LogP contribution >= 0.6 is 11.3 Å². The van der Waals surface area contributed by atoms with Gasteiger partial charge in [0.05, 0.1) is 6.20 Å². The van der Waals surface area contributed by atoms with Gasteiger partial charge in [-0.3, -0.25) is 9.59 Å². The fraction of sp³-hybridized carbons (Fsp3) is 0.238. The lowest BCUT2D eigenvalue weighted by atomic mass is 10.2. The molecule has 0 radical (unpaired) electrons. The third-order valence-corrected chi connectivity index (χ3v) is 5.71. The Bertz CT molecular complexity index is 1390. The van der Waals surface area contributed by atoms with Crippen molar-refractivity contribution < 1.29 is 9.53 Å². The molecule has 4 aromatic rings. The molecule has 10 nitrogen and oxygen atoms in total. The van der Waals surface area contributed by atoms with E-state index in [1.54, 1.807) is 23.7 Å². The summed E-state index contributed by atoms with van der Waals surface area (Å²) >= 11 is 1.28. The summed E-state index contributed by atoms with van der Waals surface area (Å²) in [6, 6.07) is 5.15. The monoisotopic (exact) mass is 449 g/mol. The fourth-order valence-corrected chi connectivity index (χ4v) is 4.04. The number of ether oxygens (including phenoxy) is 1. The summed E-state index contributed by atoms with van der Waals surface area (Å²) in [7, 11) is 1.75. The Morgan fingerprint density at radius 1 is 1.25 bits per heavy atom. The minimum absolute atomic E-state index is 0.119. The van der Waals surface area contributed by atoms with E-state index < -0.39 is 0 Å². The number of nitrogens with one attached hydrogen (secondary N) is 2. The van der Waals surface area contributed by atoms with Gasteiger partial charge in [-0.15, -0.1) is 0 Å². The molecule has 5 rings (SSSR count). The van der Waals surface area contributed by atoms with Crippen LogP contribution in [0.5, 0.6) is 11.6 Å². The number of rotatable bonds is 6. The Labute approximate surface area is 186 Å². The van der Waals surface area contributed by atoms with Crippen molar-refractivity contribution in [2.75, 3.05) is 10.6 Å². The van der Waals surface area contributed by atoms with Crippen LogP contribution in [0.25, 0.3) is 10.5 Å². The van der Waals surface area contributed by atoms with Crippen molar-refractivity contribution in [1.29, 1.82) is 0 Å². The molecule has 1 fully saturated rings. The highest BCUT2D eigenvalue weighted by Gasteiger charge is 2.25. The van der Waals surface area contributed by atoms with Crippen LogP contribution in [-0.2, 0) is 11.8 Å². The predicted molar refractivity (Wildman–Crippen MR) is 121 cm³/mol. The first kappa shape index (κ1) is 20.1. The number of thiazole rings is 1. The second-order valence-corrected chi connectivity index (χ2v) is 8.50. The molecule has 32 heavy (non-hydrogen) atoms. The van der Waals surface area contributed by atoms with E-state index in [-0.39, 0.29) is 17.3 Å². The summed E-state index contributed by atoms with van der Waals surface area (Å²) < 4.78 is 7.35. The molecule has 11 heteroatoms. The number of hydrogen-bond donors (Lipinski definition) is 2. The molecular weight excluding hydrogens is 430 g/mol. The molecule has 4 aromatic heterocycles. The van der Waals surface area contributed by atoms with Gasteiger partial charge < -0.3 is 19.9 Å². The van der Waals surface area contributed by atoms with Crippen LogP contribution in [0.2, 0.25) is 0 Å². The van der Waals surface area contributed by atoms with Gasteiger partial charge in [0.1, 0.15) is 17.3 Å². The molecule has 0 saturated heterocycles. The number of hydrogen-bond acceptors (Lipinski definition) is 9. The van der Waals surface area contributed by atoms with E-state index in [0.29, 0.717) is 38.8 Å². The van der Waals surface area contributed by atoms with Gasteiger partial charge in [0, 0.05) is 32.4 Å². The molecule has 0 aromatic carbocycles. The summed E-state index contributed by atoms with van der Waals surface area (Å²) in [6.45, 7) is 1.40. The zero-order chi connectivity index (χ0) is 22.2. The second-order valence-electron chi connectivity index (χ2n) is 7.52. The maximum atomic E-state index is 12.5. The average Bonchev–Trinajstić information content (AvgIpc) is 3.51. The Balaban J connectivity index is 1.38. The lowest BCUT2D eigenvalue weighted by Crippen LogP contribution is -2.19. The second kappa shape index (κ2) is 8.00. The number of anilines is 3. The molecule has 1 saturated carbocycles. The van der Waals surface area contributed by atoms with E-state index in [0.717, 1.165) is 18.4 Å². The summed E-state index contributed by atoms with van der Waals surface area (Å²) in [4.78, 5) is 41.6. The highest BCUT2D eigenvalue weighted by atomic mass is 32.1. The molecule has 1 aliphatic carbocycles. The molecule has 0 aliphatic heterocycles. The first-order chi connectivity index (χ1) is 15.4. The number of nitrogens with zero attached hydrogens (tertiary/aromatic N) is 5. The van der Waals surface area contributed by atoms with E-state index >= 15 is 0 Å². The van der Waals surface area contributed by atoms with E-state index in [2.05, 4.69) is 30.6 Å². The van der Waals surface area contributed by atoms with Crippen molar-refractivity contribution in [2.24, 2.45) is 7.05 Å². The smallest absolute Gasteiger partial charge is 0.274 e. The maximum absolute atomic E-state index is 12.5. The normalized spacial score (nSPS) is 13.2. The Kier molecular flexibility index (Phi) is 5.02. The molecule has 4 heterocycles. The number of carbonyl (C=O) groups excluding carboxylic acids is 1. The van der Waals surface area contributed by atoms with Gasteiger partial charge in [-0.25, -0.2) is 9.97 Å². The zero-order valence-electron chi connectivity index (χ0n) is 17.3. The van der Waals surface area contributed by atoms with Crippen LogP contribution < -0.4 is 20.9 Å². The number of amides is 1. The van der Waals surface area contributed by atoms with Crippen molar-refractivity contribution in [1.82, 2.24) is 24.5 Å². The van der Waals surface area contributed by atoms with E-state index in [1.165, 1.54) is 30.7 Å². The SMILES string of the molecule is CC(=O)Nc1cc(Oc2cnc3nc(Nc4cc(C5CC5)cn(C)c4=O)sc3n2)ccn1. The van der Waals surface area contributed by atoms with E-state index in [1.807, 2.05) is 12.3 Å². The molecule has 1 aliphatic rings. The van der Waals surface area contributed by atoms with Gasteiger partial charge in [0.25, 0.3) is 5.56 Å². The number of pyridine rings is 2. The van der Waals surface area contributed by atoms with Crippen LogP contribution in [0, 0.1) is 0 Å². The number of fused-ring (bicyclic) bond motifs is 1. The van der Waals surface area contributed by atoms with Gasteiger partial charge >= 0.3 is 0 Å². The molecule has 0 bridgehead atoms. The average molecular weight is 449 g/mol. The zero-order valence-corrected chi connectivity index (χ0v) is 18.1. The topological polar surface area (TPSA) is 124 Å². The van der Waals surface area contributed by atoms with Crippen molar-refractivity contribution in [3.63, 3.8) is 0 Å². The van der Waals surface area contributed by atoms with Crippen molar-refractivity contribution >= 4 is 44.4 Å². The number of carbonyl (C=O) groups is 1. The molecule has 0 unspecified atom stereocenters. The third-order valence-electron chi connectivity index (χ3n) is 4.85. The van der Waals surface area contributed by atoms with E-state index in [4.69, 9.17) is 4.74 Å². The standard InChI is InChI=1S/C21H19N7O3S/c1-11(29)24-16-8-14(5-6-22-16)31-17-9-23-18-19(26-17)32-21(27-18)25-15-7-13(12-3-4-12)10-28(2)20(15)30/h5-10,12H,3-4H2,1-2H3,(H,22,24,29)(H,23,25,27). The van der Waals surface area contributed by atoms with Gasteiger partial charge in [-0.05, 0) is 36.5 Å². The Morgan fingerprint density at radius 3 is 2.88 bits per heavy atom. The summed E-state index contributed by atoms with van der Waals surface area (Å²) in [5.74, 6) is 1.42. The van der Waals surface area contributed by atoms with Crippen LogP contribution in [0.15, 0.2) is 41.6 Å². The number of aryl methyl sites for hydroxylation is 1. The summed E-state index contributed by atoms with van der Waals surface area (Å²) in [6.07, 6.45) is 7.19. The third kappa shape index (κ3) is 4.28. The minimum Gasteiger partial charge on any atom is -0.437 e. The number of aromatic nitrogens is 5. The molecular formula is C21H19N7O3S. The Hall–Kier alpha value is -3.86. The van der Waals surface area contributed by atoms with E-state index in [9.17, 15) is 9.59 Å². The van der Waals surface area contributed by atoms with Gasteiger partial charge in [0.2, 0.25) is 11.8 Å². The first-order valence-corrected chi connectivity index (χ1v) is 10.8. The van der Waals surface area contributed by atoms with Gasteiger partial charge in [-0.2, -0.15) is 9.97 Å². The quantitative estimate of drug-likeness (QED) is 0.458. The highest BCUT2D eigenvalue weighted by molar-refractivity contribution is 7.21. The molecule has 0 atom stereocenters. The Morgan fingerprint density at radius 2 is 2.09 bits per heavy atom. The summed E-state index contributed by atoms with van der Waals surface area (Å²) in [5.41, 5.74) is 1.97. The van der Waals surface area contributed by atoms with Crippen LogP contribution in [-0.4, -0.2) is 30.4 Å². The van der Waals surface area contributed by atoms with Gasteiger partial charge in [-0.1, -0.05) is 11.3 Å². The lowest BCUT2D eigenvalue weighted by Gasteiger charge is -2.08. The molecule has 1 amide bonds. The largest absolute Gasteiger partial charge is 0.437 e. The van der Waals surface area contributed by atoms with Crippen LogP contribution in [0.3, 0.4) is 0 Å². The fourth-order valence-electron chi connectivity index (χ4n) is 3.24.